The molecule has 2 fully saturated rings. The quantitative estimate of drug-likeness (QED) is 0.753. The number of rotatable bonds is 3. The Labute approximate surface area is 138 Å². The molecule has 0 aromatic heterocycles. The van der Waals surface area contributed by atoms with Crippen molar-refractivity contribution in [2.75, 3.05) is 7.11 Å². The summed E-state index contributed by atoms with van der Waals surface area (Å²) in [6.07, 6.45) is 14.8. The summed E-state index contributed by atoms with van der Waals surface area (Å²) >= 11 is 1.79. The van der Waals surface area contributed by atoms with Gasteiger partial charge in [0.05, 0.1) is 11.1 Å². The molecule has 4 heteroatoms. The maximum atomic E-state index is 12.5. The van der Waals surface area contributed by atoms with E-state index in [0.717, 1.165) is 43.1 Å². The minimum Gasteiger partial charge on any atom is -0.381 e. The van der Waals surface area contributed by atoms with Crippen LogP contribution < -0.4 is 0 Å². The lowest BCUT2D eigenvalue weighted by Gasteiger charge is -2.34. The molecule has 3 aliphatic rings. The monoisotopic (exact) mass is 323 g/mol. The average molecular weight is 324 g/mol. The fourth-order valence-electron chi connectivity index (χ4n) is 4.26. The van der Waals surface area contributed by atoms with E-state index in [-0.39, 0.29) is 16.8 Å². The van der Waals surface area contributed by atoms with E-state index in [1.165, 1.54) is 44.9 Å². The summed E-state index contributed by atoms with van der Waals surface area (Å²) in [6, 6.07) is 0. The van der Waals surface area contributed by atoms with Crippen LogP contribution in [0.5, 0.6) is 0 Å². The Balaban J connectivity index is 1.59. The molecular weight excluding hydrogens is 294 g/mol. The molecule has 0 saturated heterocycles. The van der Waals surface area contributed by atoms with Gasteiger partial charge in [0.2, 0.25) is 0 Å². The molecule has 3 rings (SSSR count). The zero-order valence-corrected chi connectivity index (χ0v) is 14.6. The number of ether oxygens (including phenoxy) is 1. The summed E-state index contributed by atoms with van der Waals surface area (Å²) in [4.78, 5) is 17.0. The van der Waals surface area contributed by atoms with Gasteiger partial charge in [-0.1, -0.05) is 56.7 Å². The third kappa shape index (κ3) is 3.76. The smallest absolute Gasteiger partial charge is 0.263 e. The Morgan fingerprint density at radius 3 is 2.59 bits per heavy atom. The van der Waals surface area contributed by atoms with E-state index in [1.54, 1.807) is 18.9 Å². The Morgan fingerprint density at radius 2 is 1.86 bits per heavy atom. The molecule has 0 radical (unpaired) electrons. The van der Waals surface area contributed by atoms with Crippen molar-refractivity contribution in [1.29, 1.82) is 0 Å². The highest BCUT2D eigenvalue weighted by molar-refractivity contribution is 8.16. The van der Waals surface area contributed by atoms with E-state index in [1.807, 2.05) is 0 Å². The molecule has 124 valence electrons. The first-order chi connectivity index (χ1) is 10.7. The molecule has 1 aliphatic heterocycles. The van der Waals surface area contributed by atoms with Crippen LogP contribution in [0.25, 0.3) is 0 Å². The number of carbonyl (C=O) groups is 1. The molecule has 1 spiro atoms. The van der Waals surface area contributed by atoms with Crippen molar-refractivity contribution in [2.24, 2.45) is 10.9 Å². The van der Waals surface area contributed by atoms with E-state index in [9.17, 15) is 4.79 Å². The van der Waals surface area contributed by atoms with Gasteiger partial charge in [-0.05, 0) is 38.0 Å². The first kappa shape index (κ1) is 16.5. The van der Waals surface area contributed by atoms with Gasteiger partial charge in [0.15, 0.2) is 0 Å². The Kier molecular flexibility index (Phi) is 5.61. The van der Waals surface area contributed by atoms with Gasteiger partial charge in [-0.3, -0.25) is 4.79 Å². The minimum absolute atomic E-state index is 0.125. The lowest BCUT2D eigenvalue weighted by molar-refractivity contribution is -0.121. The Morgan fingerprint density at radius 1 is 1.14 bits per heavy atom. The molecule has 0 bridgehead atoms. The van der Waals surface area contributed by atoms with Crippen molar-refractivity contribution in [3.8, 4) is 0 Å². The highest BCUT2D eigenvalue weighted by Gasteiger charge is 2.48. The second-order valence-corrected chi connectivity index (χ2v) is 8.73. The van der Waals surface area contributed by atoms with Gasteiger partial charge in [-0.15, -0.1) is 0 Å². The highest BCUT2D eigenvalue weighted by Crippen LogP contribution is 2.47. The van der Waals surface area contributed by atoms with Crippen LogP contribution in [-0.2, 0) is 9.53 Å². The Bertz CT molecular complexity index is 429. The molecule has 0 unspecified atom stereocenters. The molecule has 2 saturated carbocycles. The molecule has 1 amide bonds. The van der Waals surface area contributed by atoms with Crippen LogP contribution in [-0.4, -0.2) is 28.9 Å². The summed E-state index contributed by atoms with van der Waals surface area (Å²) in [5.41, 5.74) is 0. The number of nitrogens with zero attached hydrogens (tertiary/aromatic N) is 1. The van der Waals surface area contributed by atoms with Crippen LogP contribution in [0.15, 0.2) is 4.99 Å². The lowest BCUT2D eigenvalue weighted by Crippen LogP contribution is -2.39. The SMILES string of the molecule is CO[C@@H]1CCC[C@@]2(C1)SC(CC1CCCCCCC1)=NC2=O. The first-order valence-electron chi connectivity index (χ1n) is 9.06. The third-order valence-corrected chi connectivity index (χ3v) is 7.04. The predicted octanol–water partition coefficient (Wildman–Crippen LogP) is 4.74. The van der Waals surface area contributed by atoms with Gasteiger partial charge in [0.1, 0.15) is 4.75 Å². The summed E-state index contributed by atoms with van der Waals surface area (Å²) in [7, 11) is 1.77. The van der Waals surface area contributed by atoms with E-state index in [2.05, 4.69) is 4.99 Å². The van der Waals surface area contributed by atoms with Crippen molar-refractivity contribution in [3.05, 3.63) is 0 Å². The van der Waals surface area contributed by atoms with Crippen LogP contribution in [0.4, 0.5) is 0 Å². The standard InChI is InChI=1S/C18H29NO2S/c1-21-15-10-7-11-18(13-15)17(20)19-16(22-18)12-14-8-5-3-2-4-6-9-14/h14-15H,2-13H2,1H3/t15-,18+/m1/s1. The number of amides is 1. The van der Waals surface area contributed by atoms with Crippen LogP contribution in [0.1, 0.15) is 77.0 Å². The Hall–Kier alpha value is -0.350. The molecule has 1 heterocycles. The van der Waals surface area contributed by atoms with E-state index < -0.39 is 0 Å². The van der Waals surface area contributed by atoms with E-state index in [0.29, 0.717) is 0 Å². The fourth-order valence-corrected chi connectivity index (χ4v) is 5.81. The van der Waals surface area contributed by atoms with Crippen LogP contribution in [0, 0.1) is 5.92 Å². The number of carbonyl (C=O) groups excluding carboxylic acids is 1. The van der Waals surface area contributed by atoms with Crippen molar-refractivity contribution < 1.29 is 9.53 Å². The lowest BCUT2D eigenvalue weighted by atomic mass is 9.85. The van der Waals surface area contributed by atoms with Gasteiger partial charge in [0, 0.05) is 7.11 Å². The van der Waals surface area contributed by atoms with Gasteiger partial charge in [-0.25, -0.2) is 4.99 Å². The van der Waals surface area contributed by atoms with Gasteiger partial charge >= 0.3 is 0 Å². The summed E-state index contributed by atoms with van der Waals surface area (Å²) in [5.74, 6) is 0.872. The number of aliphatic imine (C=N–C) groups is 1. The number of methoxy groups -OCH3 is 1. The van der Waals surface area contributed by atoms with Crippen molar-refractivity contribution >= 4 is 22.7 Å². The molecular formula is C18H29NO2S. The summed E-state index contributed by atoms with van der Waals surface area (Å²) < 4.78 is 5.24. The molecule has 2 atom stereocenters. The second kappa shape index (κ2) is 7.48. The third-order valence-electron chi connectivity index (χ3n) is 5.61. The molecule has 0 aromatic rings. The molecule has 3 nitrogen and oxygen atoms in total. The summed E-state index contributed by atoms with van der Waals surface area (Å²) in [6.45, 7) is 0. The molecule has 2 aliphatic carbocycles. The first-order valence-corrected chi connectivity index (χ1v) is 9.87. The molecule has 0 N–H and O–H groups in total. The zero-order chi connectivity index (χ0) is 15.4. The number of hydrogen-bond donors (Lipinski definition) is 0. The van der Waals surface area contributed by atoms with Crippen LogP contribution >= 0.6 is 11.8 Å². The van der Waals surface area contributed by atoms with Crippen molar-refractivity contribution in [2.45, 2.75) is 87.9 Å². The normalized spacial score (nSPS) is 34.5. The molecule has 22 heavy (non-hydrogen) atoms. The minimum atomic E-state index is -0.282. The maximum Gasteiger partial charge on any atom is 0.263 e. The average Bonchev–Trinajstić information content (AvgIpc) is 2.77. The van der Waals surface area contributed by atoms with E-state index >= 15 is 0 Å². The van der Waals surface area contributed by atoms with Gasteiger partial charge in [-0.2, -0.15) is 0 Å². The summed E-state index contributed by atoms with van der Waals surface area (Å²) in [5, 5.41) is 1.12. The van der Waals surface area contributed by atoms with Crippen molar-refractivity contribution in [1.82, 2.24) is 0 Å². The predicted molar refractivity (Wildman–Crippen MR) is 92.5 cm³/mol. The highest BCUT2D eigenvalue weighted by atomic mass is 32.2. The molecule has 0 aromatic carbocycles. The second-order valence-electron chi connectivity index (χ2n) is 7.28. The largest absolute Gasteiger partial charge is 0.381 e. The van der Waals surface area contributed by atoms with Crippen molar-refractivity contribution in [3.63, 3.8) is 0 Å². The van der Waals surface area contributed by atoms with Crippen LogP contribution in [0.2, 0.25) is 0 Å². The topological polar surface area (TPSA) is 38.7 Å². The zero-order valence-electron chi connectivity index (χ0n) is 13.8. The fraction of sp³-hybridized carbons (Fsp3) is 0.889. The number of thioether (sulfide) groups is 1. The maximum absolute atomic E-state index is 12.5. The van der Waals surface area contributed by atoms with E-state index in [4.69, 9.17) is 4.74 Å². The van der Waals surface area contributed by atoms with Gasteiger partial charge in [0.25, 0.3) is 5.91 Å². The van der Waals surface area contributed by atoms with Gasteiger partial charge < -0.3 is 4.74 Å². The van der Waals surface area contributed by atoms with Crippen LogP contribution in [0.3, 0.4) is 0 Å². The number of hydrogen-bond acceptors (Lipinski definition) is 3.